The minimum absolute atomic E-state index is 0.0255. The number of amides is 1. The first-order valence-corrected chi connectivity index (χ1v) is 8.96. The van der Waals surface area contributed by atoms with Crippen molar-refractivity contribution < 1.29 is 19.1 Å². The van der Waals surface area contributed by atoms with Crippen LogP contribution in [0.25, 0.3) is 0 Å². The second-order valence-electron chi connectivity index (χ2n) is 6.79. The Labute approximate surface area is 162 Å². The number of aliphatic hydroxyl groups is 1. The maximum atomic E-state index is 13.1. The molecule has 1 aromatic heterocycles. The third-order valence-electron chi connectivity index (χ3n) is 5.06. The second kappa shape index (κ2) is 6.85. The van der Waals surface area contributed by atoms with Crippen molar-refractivity contribution in [1.82, 2.24) is 0 Å². The summed E-state index contributed by atoms with van der Waals surface area (Å²) in [5, 5.41) is 10.7. The lowest BCUT2D eigenvalue weighted by Gasteiger charge is -2.29. The number of ketones is 1. The van der Waals surface area contributed by atoms with E-state index in [9.17, 15) is 14.7 Å². The molecular weight excluding hydrogens is 354 g/mol. The van der Waals surface area contributed by atoms with Crippen LogP contribution >= 0.6 is 0 Å². The number of benzene rings is 2. The first-order chi connectivity index (χ1) is 13.5. The maximum absolute atomic E-state index is 13.1. The van der Waals surface area contributed by atoms with Gasteiger partial charge in [0.15, 0.2) is 11.5 Å². The topological polar surface area (TPSA) is 70.7 Å². The van der Waals surface area contributed by atoms with Crippen molar-refractivity contribution in [3.05, 3.63) is 101 Å². The Kier molecular flexibility index (Phi) is 4.35. The largest absolute Gasteiger partial charge is 0.503 e. The quantitative estimate of drug-likeness (QED) is 0.674. The predicted octanol–water partition coefficient (Wildman–Crippen LogP) is 4.68. The van der Waals surface area contributed by atoms with E-state index < -0.39 is 23.5 Å². The SMILES string of the molecule is Cc1ccccc1C1C(C(=O)c2ccco2)=C(O)C(=O)N1c1ccccc1C. The summed E-state index contributed by atoms with van der Waals surface area (Å²) in [7, 11) is 0. The summed E-state index contributed by atoms with van der Waals surface area (Å²) in [5.74, 6) is -1.56. The van der Waals surface area contributed by atoms with Gasteiger partial charge in [-0.05, 0) is 48.7 Å². The predicted molar refractivity (Wildman–Crippen MR) is 105 cm³/mol. The summed E-state index contributed by atoms with van der Waals surface area (Å²) < 4.78 is 5.25. The van der Waals surface area contributed by atoms with Gasteiger partial charge < -0.3 is 9.52 Å². The van der Waals surface area contributed by atoms with E-state index >= 15 is 0 Å². The Morgan fingerprint density at radius 1 is 0.964 bits per heavy atom. The van der Waals surface area contributed by atoms with Gasteiger partial charge in [0, 0.05) is 5.69 Å². The van der Waals surface area contributed by atoms with Gasteiger partial charge >= 0.3 is 0 Å². The molecule has 1 N–H and O–H groups in total. The third-order valence-corrected chi connectivity index (χ3v) is 5.06. The molecule has 1 aliphatic heterocycles. The van der Waals surface area contributed by atoms with Crippen molar-refractivity contribution >= 4 is 17.4 Å². The smallest absolute Gasteiger partial charge is 0.294 e. The van der Waals surface area contributed by atoms with E-state index in [-0.39, 0.29) is 11.3 Å². The Morgan fingerprint density at radius 3 is 2.29 bits per heavy atom. The molecule has 0 fully saturated rings. The number of hydrogen-bond acceptors (Lipinski definition) is 4. The average molecular weight is 373 g/mol. The number of aliphatic hydroxyl groups excluding tert-OH is 1. The number of rotatable bonds is 4. The van der Waals surface area contributed by atoms with Gasteiger partial charge in [0.05, 0.1) is 17.9 Å². The lowest BCUT2D eigenvalue weighted by atomic mass is 9.92. The Balaban J connectivity index is 1.94. The van der Waals surface area contributed by atoms with E-state index in [0.717, 1.165) is 16.7 Å². The van der Waals surface area contributed by atoms with E-state index in [1.807, 2.05) is 62.4 Å². The van der Waals surface area contributed by atoms with Crippen molar-refractivity contribution in [1.29, 1.82) is 0 Å². The van der Waals surface area contributed by atoms with Crippen LogP contribution in [0, 0.1) is 13.8 Å². The van der Waals surface area contributed by atoms with E-state index in [0.29, 0.717) is 5.69 Å². The monoisotopic (exact) mass is 373 g/mol. The number of anilines is 1. The maximum Gasteiger partial charge on any atom is 0.294 e. The van der Waals surface area contributed by atoms with Crippen molar-refractivity contribution in [3.63, 3.8) is 0 Å². The molecule has 1 atom stereocenters. The number of aryl methyl sites for hydroxylation is 2. The Hall–Kier alpha value is -3.60. The van der Waals surface area contributed by atoms with Crippen LogP contribution in [0.3, 0.4) is 0 Å². The molecule has 140 valence electrons. The first kappa shape index (κ1) is 17.8. The number of carbonyl (C=O) groups is 2. The van der Waals surface area contributed by atoms with Crippen LogP contribution in [-0.2, 0) is 4.79 Å². The fraction of sp³-hybridized carbons (Fsp3) is 0.130. The van der Waals surface area contributed by atoms with Gasteiger partial charge in [-0.15, -0.1) is 0 Å². The van der Waals surface area contributed by atoms with Crippen LogP contribution in [0.4, 0.5) is 5.69 Å². The van der Waals surface area contributed by atoms with Crippen LogP contribution in [0.1, 0.15) is 33.3 Å². The number of hydrogen-bond donors (Lipinski definition) is 1. The van der Waals surface area contributed by atoms with Gasteiger partial charge in [-0.1, -0.05) is 42.5 Å². The Morgan fingerprint density at radius 2 is 1.64 bits per heavy atom. The van der Waals surface area contributed by atoms with Gasteiger partial charge in [0.2, 0.25) is 5.78 Å². The highest BCUT2D eigenvalue weighted by atomic mass is 16.3. The summed E-state index contributed by atoms with van der Waals surface area (Å²) in [6, 6.07) is 17.3. The van der Waals surface area contributed by atoms with E-state index in [2.05, 4.69) is 0 Å². The molecule has 5 heteroatoms. The number of carbonyl (C=O) groups excluding carboxylic acids is 2. The van der Waals surface area contributed by atoms with Gasteiger partial charge in [-0.25, -0.2) is 0 Å². The summed E-state index contributed by atoms with van der Waals surface area (Å²) in [6.45, 7) is 3.81. The molecule has 1 aliphatic rings. The molecule has 0 spiro atoms. The summed E-state index contributed by atoms with van der Waals surface area (Å²) in [5.41, 5.74) is 3.23. The highest BCUT2D eigenvalue weighted by molar-refractivity contribution is 6.20. The lowest BCUT2D eigenvalue weighted by molar-refractivity contribution is -0.117. The summed E-state index contributed by atoms with van der Waals surface area (Å²) in [4.78, 5) is 27.7. The Bertz CT molecular complexity index is 1100. The zero-order valence-corrected chi connectivity index (χ0v) is 15.5. The molecule has 2 heterocycles. The molecule has 5 nitrogen and oxygen atoms in total. The standard InChI is InChI=1S/C23H19NO4/c1-14-8-3-5-10-16(14)20-19(21(25)18-12-7-13-28-18)22(26)23(27)24(20)17-11-6-4-9-15(17)2/h3-13,20,26H,1-2H3. The van der Waals surface area contributed by atoms with Crippen LogP contribution in [0.2, 0.25) is 0 Å². The molecule has 0 radical (unpaired) electrons. The molecule has 1 amide bonds. The molecular formula is C23H19NO4. The third kappa shape index (κ3) is 2.72. The molecule has 0 aliphatic carbocycles. The normalized spacial score (nSPS) is 16.7. The van der Waals surface area contributed by atoms with Gasteiger partial charge in [-0.2, -0.15) is 0 Å². The second-order valence-corrected chi connectivity index (χ2v) is 6.79. The number of furan rings is 1. The molecule has 0 saturated heterocycles. The van der Waals surface area contributed by atoms with Crippen molar-refractivity contribution in [3.8, 4) is 0 Å². The van der Waals surface area contributed by atoms with E-state index in [4.69, 9.17) is 4.42 Å². The molecule has 0 saturated carbocycles. The summed E-state index contributed by atoms with van der Waals surface area (Å²) in [6.07, 6.45) is 1.39. The van der Waals surface area contributed by atoms with Crippen LogP contribution in [-0.4, -0.2) is 16.8 Å². The fourth-order valence-electron chi connectivity index (χ4n) is 3.65. The van der Waals surface area contributed by atoms with Crippen molar-refractivity contribution in [2.75, 3.05) is 4.90 Å². The zero-order chi connectivity index (χ0) is 19.8. The highest BCUT2D eigenvalue weighted by Gasteiger charge is 2.45. The van der Waals surface area contributed by atoms with Crippen molar-refractivity contribution in [2.24, 2.45) is 0 Å². The van der Waals surface area contributed by atoms with Gasteiger partial charge in [0.25, 0.3) is 5.91 Å². The molecule has 28 heavy (non-hydrogen) atoms. The number of nitrogens with zero attached hydrogens (tertiary/aromatic N) is 1. The van der Waals surface area contributed by atoms with Crippen molar-refractivity contribution in [2.45, 2.75) is 19.9 Å². The summed E-state index contributed by atoms with van der Waals surface area (Å²) >= 11 is 0. The fourth-order valence-corrected chi connectivity index (χ4v) is 3.65. The number of Topliss-reactive ketones (excluding diaryl/α,β-unsaturated/α-hetero) is 1. The molecule has 0 bridgehead atoms. The molecule has 1 unspecified atom stereocenters. The van der Waals surface area contributed by atoms with Gasteiger partial charge in [-0.3, -0.25) is 14.5 Å². The highest BCUT2D eigenvalue weighted by Crippen LogP contribution is 2.43. The zero-order valence-electron chi connectivity index (χ0n) is 15.5. The van der Waals surface area contributed by atoms with Gasteiger partial charge in [0.1, 0.15) is 0 Å². The molecule has 3 aromatic rings. The minimum Gasteiger partial charge on any atom is -0.503 e. The first-order valence-electron chi connectivity index (χ1n) is 8.96. The van der Waals surface area contributed by atoms with E-state index in [1.165, 1.54) is 17.2 Å². The minimum atomic E-state index is -0.743. The van der Waals surface area contributed by atoms with Crippen LogP contribution < -0.4 is 4.90 Å². The van der Waals surface area contributed by atoms with Crippen LogP contribution in [0.5, 0.6) is 0 Å². The molecule has 2 aromatic carbocycles. The average Bonchev–Trinajstić information content (AvgIpc) is 3.31. The number of para-hydroxylation sites is 1. The lowest BCUT2D eigenvalue weighted by Crippen LogP contribution is -2.32. The van der Waals surface area contributed by atoms with Crippen LogP contribution in [0.15, 0.2) is 82.7 Å². The molecule has 4 rings (SSSR count). The van der Waals surface area contributed by atoms with E-state index in [1.54, 1.807) is 6.07 Å².